The molecule has 0 fully saturated rings. The molecular formula is C35H27BN4O. The van der Waals surface area contributed by atoms with Crippen LogP contribution in [-0.2, 0) is 5.41 Å². The molecule has 5 aromatic carbocycles. The van der Waals surface area contributed by atoms with E-state index in [4.69, 9.17) is 0 Å². The summed E-state index contributed by atoms with van der Waals surface area (Å²) in [5.41, 5.74) is 12.3. The maximum atomic E-state index is 14.3. The zero-order valence-electron chi connectivity index (χ0n) is 23.2. The lowest BCUT2D eigenvalue weighted by Gasteiger charge is -2.44. The third-order valence-electron chi connectivity index (χ3n) is 8.98. The largest absolute Gasteiger partial charge is 0.357 e. The molecule has 0 aliphatic carbocycles. The van der Waals surface area contributed by atoms with Gasteiger partial charge in [-0.2, -0.15) is 0 Å². The average Bonchev–Trinajstić information content (AvgIpc) is 3.49. The predicted octanol–water partition coefficient (Wildman–Crippen LogP) is 6.62. The van der Waals surface area contributed by atoms with E-state index >= 15 is 0 Å². The van der Waals surface area contributed by atoms with Crippen LogP contribution < -0.4 is 26.3 Å². The van der Waals surface area contributed by atoms with E-state index in [2.05, 4.69) is 144 Å². The fraction of sp³-hybridized carbons (Fsp3) is 0.114. The van der Waals surface area contributed by atoms with E-state index in [1.54, 1.807) is 0 Å². The maximum Gasteiger partial charge on any atom is 0.357 e. The molecule has 0 atom stereocenters. The number of hydrogen-bond acceptors (Lipinski definition) is 3. The standard InChI is InChI=1S/C35H27BN4O/c1-35(2,3)22-17-18-26-24(21-22)34(41)40-36-25-13-7-8-14-27(25)38-29-16-10-9-15-28(29)37(23-11-5-4-6-12-23)31-20-19-30(39(26)40)32(36)33(31)38/h4-21H,1-3H3. The van der Waals surface area contributed by atoms with Crippen molar-refractivity contribution in [3.63, 3.8) is 0 Å². The molecule has 196 valence electrons. The molecule has 0 unspecified atom stereocenters. The Labute approximate surface area is 238 Å². The second-order valence-electron chi connectivity index (χ2n) is 12.3. The molecule has 6 aromatic rings. The molecule has 0 bridgehead atoms. The number of rotatable bonds is 1. The second kappa shape index (κ2) is 7.61. The molecule has 6 heteroatoms. The lowest BCUT2D eigenvalue weighted by molar-refractivity contribution is 0.591. The van der Waals surface area contributed by atoms with Crippen LogP contribution in [0.3, 0.4) is 0 Å². The molecule has 0 N–H and O–H groups in total. The number of para-hydroxylation sites is 4. The number of fused-ring (bicyclic) bond motifs is 10. The van der Waals surface area contributed by atoms with Crippen molar-refractivity contribution in [1.29, 1.82) is 0 Å². The van der Waals surface area contributed by atoms with Crippen LogP contribution in [0.2, 0.25) is 0 Å². The van der Waals surface area contributed by atoms with Crippen LogP contribution in [0, 0.1) is 0 Å². The molecule has 0 spiro atoms. The molecule has 9 rings (SSSR count). The van der Waals surface area contributed by atoms with E-state index in [9.17, 15) is 4.79 Å². The van der Waals surface area contributed by atoms with Crippen molar-refractivity contribution in [1.82, 2.24) is 9.27 Å². The van der Waals surface area contributed by atoms with Crippen molar-refractivity contribution in [2.45, 2.75) is 26.2 Å². The van der Waals surface area contributed by atoms with Crippen molar-refractivity contribution in [2.24, 2.45) is 0 Å². The Balaban J connectivity index is 1.41. The highest BCUT2D eigenvalue weighted by molar-refractivity contribution is 6.89. The monoisotopic (exact) mass is 530 g/mol. The smallest absolute Gasteiger partial charge is 0.307 e. The fourth-order valence-corrected chi connectivity index (χ4v) is 7.15. The van der Waals surface area contributed by atoms with Crippen LogP contribution in [0.15, 0.2) is 114 Å². The molecule has 5 nitrogen and oxygen atoms in total. The van der Waals surface area contributed by atoms with Crippen molar-refractivity contribution in [3.8, 4) is 5.69 Å². The summed E-state index contributed by atoms with van der Waals surface area (Å²) in [6.45, 7) is 6.37. The van der Waals surface area contributed by atoms with Crippen molar-refractivity contribution >= 4 is 62.8 Å². The molecule has 3 aliphatic heterocycles. The summed E-state index contributed by atoms with van der Waals surface area (Å²) < 4.78 is 4.16. The predicted molar refractivity (Wildman–Crippen MR) is 170 cm³/mol. The summed E-state index contributed by atoms with van der Waals surface area (Å²) in [6, 6.07) is 38.6. The van der Waals surface area contributed by atoms with Crippen LogP contribution in [-0.4, -0.2) is 16.1 Å². The first-order chi connectivity index (χ1) is 19.9. The highest BCUT2D eigenvalue weighted by atomic mass is 16.1. The third kappa shape index (κ3) is 2.79. The van der Waals surface area contributed by atoms with Gasteiger partial charge in [-0.3, -0.25) is 14.1 Å². The number of nitrogens with zero attached hydrogens (tertiary/aromatic N) is 4. The normalized spacial score (nSPS) is 14.2. The quantitative estimate of drug-likeness (QED) is 0.224. The number of benzene rings is 5. The molecular weight excluding hydrogens is 503 g/mol. The molecule has 0 radical (unpaired) electrons. The van der Waals surface area contributed by atoms with Gasteiger partial charge >= 0.3 is 6.85 Å². The molecule has 4 heterocycles. The van der Waals surface area contributed by atoms with Gasteiger partial charge in [0.15, 0.2) is 0 Å². The van der Waals surface area contributed by atoms with Crippen LogP contribution in [0.5, 0.6) is 0 Å². The zero-order chi connectivity index (χ0) is 27.6. The van der Waals surface area contributed by atoms with Crippen molar-refractivity contribution in [3.05, 3.63) is 125 Å². The first-order valence-electron chi connectivity index (χ1n) is 14.2. The highest BCUT2D eigenvalue weighted by Gasteiger charge is 2.48. The minimum absolute atomic E-state index is 0.0408. The first kappa shape index (κ1) is 22.8. The van der Waals surface area contributed by atoms with E-state index in [-0.39, 0.29) is 17.8 Å². The Morgan fingerprint density at radius 3 is 2.05 bits per heavy atom. The van der Waals surface area contributed by atoms with Gasteiger partial charge < -0.3 is 9.80 Å². The van der Waals surface area contributed by atoms with Crippen LogP contribution >= 0.6 is 0 Å². The van der Waals surface area contributed by atoms with Crippen LogP contribution in [0.25, 0.3) is 16.6 Å². The van der Waals surface area contributed by atoms with Crippen molar-refractivity contribution < 1.29 is 0 Å². The van der Waals surface area contributed by atoms with Crippen LogP contribution in [0.4, 0.5) is 34.1 Å². The number of hydrogen-bond donors (Lipinski definition) is 0. The molecule has 3 aliphatic rings. The minimum atomic E-state index is -0.215. The Kier molecular flexibility index (Phi) is 4.23. The third-order valence-corrected chi connectivity index (χ3v) is 8.98. The summed E-state index contributed by atoms with van der Waals surface area (Å²) in [5.74, 6) is 0. The van der Waals surface area contributed by atoms with Gasteiger partial charge in [0.05, 0.1) is 39.3 Å². The lowest BCUT2D eigenvalue weighted by atomic mass is 9.48. The van der Waals surface area contributed by atoms with Crippen molar-refractivity contribution in [2.75, 3.05) is 9.80 Å². The van der Waals surface area contributed by atoms with Crippen LogP contribution in [0.1, 0.15) is 26.3 Å². The fourth-order valence-electron chi connectivity index (χ4n) is 7.15. The van der Waals surface area contributed by atoms with Gasteiger partial charge in [-0.25, -0.2) is 0 Å². The Morgan fingerprint density at radius 1 is 0.634 bits per heavy atom. The van der Waals surface area contributed by atoms with E-state index in [1.165, 1.54) is 11.0 Å². The molecule has 41 heavy (non-hydrogen) atoms. The van der Waals surface area contributed by atoms with E-state index in [0.717, 1.165) is 56.2 Å². The Morgan fingerprint density at radius 2 is 1.29 bits per heavy atom. The highest BCUT2D eigenvalue weighted by Crippen LogP contribution is 2.55. The topological polar surface area (TPSA) is 33.4 Å². The Hall–Kier alpha value is -4.97. The van der Waals surface area contributed by atoms with Gasteiger partial charge in [-0.05, 0) is 71.0 Å². The summed E-state index contributed by atoms with van der Waals surface area (Å²) in [6.07, 6.45) is 0. The van der Waals surface area contributed by atoms with Gasteiger partial charge in [0.25, 0.3) is 5.56 Å². The molecule has 0 saturated heterocycles. The second-order valence-corrected chi connectivity index (χ2v) is 12.3. The van der Waals surface area contributed by atoms with E-state index in [0.29, 0.717) is 0 Å². The van der Waals surface area contributed by atoms with Gasteiger partial charge in [0, 0.05) is 16.8 Å². The molecule has 0 saturated carbocycles. The van der Waals surface area contributed by atoms with E-state index in [1.807, 2.05) is 4.59 Å². The Bertz CT molecular complexity index is 2140. The molecule has 1 aromatic heterocycles. The summed E-state index contributed by atoms with van der Waals surface area (Å²) in [4.78, 5) is 19.1. The maximum absolute atomic E-state index is 14.3. The minimum Gasteiger partial charge on any atom is -0.307 e. The summed E-state index contributed by atoms with van der Waals surface area (Å²) in [5, 5.41) is 0.775. The average molecular weight is 530 g/mol. The SMILES string of the molecule is CC(C)(C)c1ccc2c(c1)c(=O)n1n2-c2ccc3c4c2B1c1ccccc1N4c1ccccc1N3c1ccccc1. The van der Waals surface area contributed by atoms with Gasteiger partial charge in [-0.1, -0.05) is 75.4 Å². The lowest BCUT2D eigenvalue weighted by Crippen LogP contribution is -2.55. The van der Waals surface area contributed by atoms with E-state index < -0.39 is 0 Å². The first-order valence-corrected chi connectivity index (χ1v) is 14.2. The van der Waals surface area contributed by atoms with Gasteiger partial charge in [-0.15, -0.1) is 0 Å². The summed E-state index contributed by atoms with van der Waals surface area (Å²) in [7, 11) is 0. The van der Waals surface area contributed by atoms with Gasteiger partial charge in [0.1, 0.15) is 0 Å². The summed E-state index contributed by atoms with van der Waals surface area (Å²) >= 11 is 0. The number of aromatic nitrogens is 2. The molecule has 0 amide bonds. The zero-order valence-corrected chi connectivity index (χ0v) is 23.2. The number of anilines is 6. The van der Waals surface area contributed by atoms with Gasteiger partial charge in [0.2, 0.25) is 0 Å².